The molecule has 2 rings (SSSR count). The van der Waals surface area contributed by atoms with E-state index in [0.29, 0.717) is 13.1 Å². The predicted octanol–water partition coefficient (Wildman–Crippen LogP) is 3.09. The number of nitrogens with one attached hydrogen (secondary N) is 1. The Labute approximate surface area is 122 Å². The van der Waals surface area contributed by atoms with Crippen molar-refractivity contribution in [3.05, 3.63) is 29.8 Å². The molecule has 1 fully saturated rings. The fraction of sp³-hybridized carbons (Fsp3) is 0.538. The third-order valence-electron chi connectivity index (χ3n) is 3.26. The van der Waals surface area contributed by atoms with Crippen LogP contribution in [-0.2, 0) is 0 Å². The standard InChI is InChI=1S/C13H14F6N2O/c14-12(15,16)11(21-7-5-20-6-8-21)9-1-3-10(4-2-9)22-13(17,18)19/h1-4,11,20H,5-8H2/t11-/m0/s1. The first-order valence-electron chi connectivity index (χ1n) is 6.54. The second kappa shape index (κ2) is 6.33. The molecule has 0 radical (unpaired) electrons. The molecule has 0 aromatic heterocycles. The van der Waals surface area contributed by atoms with Crippen LogP contribution in [0.5, 0.6) is 5.75 Å². The zero-order valence-electron chi connectivity index (χ0n) is 11.3. The summed E-state index contributed by atoms with van der Waals surface area (Å²) in [5.74, 6) is -0.544. The summed E-state index contributed by atoms with van der Waals surface area (Å²) in [5.41, 5.74) is -0.107. The van der Waals surface area contributed by atoms with Crippen molar-refractivity contribution in [3.8, 4) is 5.75 Å². The van der Waals surface area contributed by atoms with Gasteiger partial charge in [0.1, 0.15) is 11.8 Å². The summed E-state index contributed by atoms with van der Waals surface area (Å²) in [6.07, 6.45) is -9.38. The molecular formula is C13H14F6N2O. The van der Waals surface area contributed by atoms with E-state index in [1.54, 1.807) is 0 Å². The Hall–Kier alpha value is -1.48. The minimum atomic E-state index is -4.87. The topological polar surface area (TPSA) is 24.5 Å². The maximum Gasteiger partial charge on any atom is 0.573 e. The maximum atomic E-state index is 13.3. The molecule has 1 aromatic carbocycles. The van der Waals surface area contributed by atoms with Crippen LogP contribution in [0, 0.1) is 0 Å². The molecule has 0 aliphatic carbocycles. The number of piperazine rings is 1. The van der Waals surface area contributed by atoms with Crippen molar-refractivity contribution < 1.29 is 31.1 Å². The molecule has 1 aliphatic heterocycles. The van der Waals surface area contributed by atoms with Crippen LogP contribution in [0.15, 0.2) is 24.3 Å². The maximum absolute atomic E-state index is 13.3. The lowest BCUT2D eigenvalue weighted by Crippen LogP contribution is -2.49. The third kappa shape index (κ3) is 4.51. The molecule has 1 heterocycles. The van der Waals surface area contributed by atoms with Gasteiger partial charge in [-0.1, -0.05) is 12.1 Å². The lowest BCUT2D eigenvalue weighted by atomic mass is 10.0. The van der Waals surface area contributed by atoms with E-state index in [4.69, 9.17) is 0 Å². The van der Waals surface area contributed by atoms with Crippen LogP contribution in [0.3, 0.4) is 0 Å². The van der Waals surface area contributed by atoms with Gasteiger partial charge in [0, 0.05) is 26.2 Å². The van der Waals surface area contributed by atoms with Crippen LogP contribution in [0.2, 0.25) is 0 Å². The smallest absolute Gasteiger partial charge is 0.406 e. The Kier molecular flexibility index (Phi) is 4.86. The van der Waals surface area contributed by atoms with Gasteiger partial charge >= 0.3 is 12.5 Å². The number of alkyl halides is 6. The van der Waals surface area contributed by atoms with Crippen molar-refractivity contribution in [1.29, 1.82) is 0 Å². The normalized spacial score (nSPS) is 19.0. The zero-order valence-corrected chi connectivity index (χ0v) is 11.3. The van der Waals surface area contributed by atoms with Crippen LogP contribution < -0.4 is 10.1 Å². The Bertz CT molecular complexity index is 479. The van der Waals surface area contributed by atoms with Gasteiger partial charge in [-0.05, 0) is 17.7 Å². The Morgan fingerprint density at radius 2 is 1.50 bits per heavy atom. The highest BCUT2D eigenvalue weighted by Crippen LogP contribution is 2.38. The average Bonchev–Trinajstić information content (AvgIpc) is 2.39. The number of ether oxygens (including phenoxy) is 1. The number of nitrogens with zero attached hydrogens (tertiary/aromatic N) is 1. The fourth-order valence-electron chi connectivity index (χ4n) is 2.40. The molecule has 0 amide bonds. The van der Waals surface area contributed by atoms with E-state index in [-0.39, 0.29) is 18.7 Å². The molecule has 1 atom stereocenters. The molecule has 9 heteroatoms. The van der Waals surface area contributed by atoms with E-state index in [1.807, 2.05) is 0 Å². The van der Waals surface area contributed by atoms with E-state index >= 15 is 0 Å². The molecule has 1 aliphatic rings. The summed E-state index contributed by atoms with van der Waals surface area (Å²) in [7, 11) is 0. The van der Waals surface area contributed by atoms with Crippen LogP contribution in [0.4, 0.5) is 26.3 Å². The van der Waals surface area contributed by atoms with Gasteiger partial charge in [-0.3, -0.25) is 4.90 Å². The molecule has 0 saturated carbocycles. The Morgan fingerprint density at radius 1 is 0.955 bits per heavy atom. The van der Waals surface area contributed by atoms with Gasteiger partial charge in [-0.25, -0.2) is 0 Å². The van der Waals surface area contributed by atoms with Crippen molar-refractivity contribution >= 4 is 0 Å². The lowest BCUT2D eigenvalue weighted by Gasteiger charge is -2.36. The fourth-order valence-corrected chi connectivity index (χ4v) is 2.40. The second-order valence-electron chi connectivity index (χ2n) is 4.85. The summed E-state index contributed by atoms with van der Waals surface area (Å²) in [6, 6.07) is 1.98. The molecule has 1 aromatic rings. The van der Waals surface area contributed by atoms with Crippen LogP contribution in [-0.4, -0.2) is 43.6 Å². The first-order valence-corrected chi connectivity index (χ1v) is 6.54. The molecule has 1 N–H and O–H groups in total. The van der Waals surface area contributed by atoms with Gasteiger partial charge < -0.3 is 10.1 Å². The minimum absolute atomic E-state index is 0.107. The van der Waals surface area contributed by atoms with Gasteiger partial charge in [-0.2, -0.15) is 13.2 Å². The third-order valence-corrected chi connectivity index (χ3v) is 3.26. The first-order chi connectivity index (χ1) is 10.2. The van der Waals surface area contributed by atoms with Crippen molar-refractivity contribution in [3.63, 3.8) is 0 Å². The van der Waals surface area contributed by atoms with E-state index in [9.17, 15) is 26.3 Å². The average molecular weight is 328 g/mol. The number of benzene rings is 1. The van der Waals surface area contributed by atoms with E-state index < -0.39 is 24.3 Å². The molecule has 1 saturated heterocycles. The molecule has 22 heavy (non-hydrogen) atoms. The summed E-state index contributed by atoms with van der Waals surface area (Å²) >= 11 is 0. The summed E-state index contributed by atoms with van der Waals surface area (Å²) in [6.45, 7) is 1.29. The molecule has 0 spiro atoms. The number of rotatable bonds is 3. The number of halogens is 6. The largest absolute Gasteiger partial charge is 0.573 e. The molecular weight excluding hydrogens is 314 g/mol. The van der Waals surface area contributed by atoms with Crippen molar-refractivity contribution in [2.24, 2.45) is 0 Å². The summed E-state index contributed by atoms with van der Waals surface area (Å²) in [4.78, 5) is 1.26. The summed E-state index contributed by atoms with van der Waals surface area (Å²) < 4.78 is 79.7. The van der Waals surface area contributed by atoms with Crippen molar-refractivity contribution in [1.82, 2.24) is 10.2 Å². The van der Waals surface area contributed by atoms with E-state index in [0.717, 1.165) is 24.3 Å². The number of hydrogen-bond acceptors (Lipinski definition) is 3. The highest BCUT2D eigenvalue weighted by molar-refractivity contribution is 5.30. The molecule has 124 valence electrons. The molecule has 3 nitrogen and oxygen atoms in total. The van der Waals surface area contributed by atoms with Gasteiger partial charge in [-0.15, -0.1) is 13.2 Å². The van der Waals surface area contributed by atoms with Crippen LogP contribution >= 0.6 is 0 Å². The zero-order chi connectivity index (χ0) is 16.4. The van der Waals surface area contributed by atoms with Gasteiger partial charge in [0.2, 0.25) is 0 Å². The van der Waals surface area contributed by atoms with Gasteiger partial charge in [0.25, 0.3) is 0 Å². The van der Waals surface area contributed by atoms with Crippen LogP contribution in [0.25, 0.3) is 0 Å². The predicted molar refractivity (Wildman–Crippen MR) is 66.4 cm³/mol. The SMILES string of the molecule is FC(F)(F)Oc1ccc([C@H](N2CCNCC2)C(F)(F)F)cc1. The van der Waals surface area contributed by atoms with Crippen molar-refractivity contribution in [2.75, 3.05) is 26.2 Å². The highest BCUT2D eigenvalue weighted by Gasteiger charge is 2.44. The Morgan fingerprint density at radius 3 is 1.95 bits per heavy atom. The lowest BCUT2D eigenvalue weighted by molar-refractivity contribution is -0.274. The van der Waals surface area contributed by atoms with Gasteiger partial charge in [0.15, 0.2) is 0 Å². The molecule has 0 bridgehead atoms. The van der Waals surface area contributed by atoms with Gasteiger partial charge in [0.05, 0.1) is 0 Å². The quantitative estimate of drug-likeness (QED) is 0.863. The highest BCUT2D eigenvalue weighted by atomic mass is 19.4. The Balaban J connectivity index is 2.20. The molecule has 0 unspecified atom stereocenters. The van der Waals surface area contributed by atoms with E-state index in [2.05, 4.69) is 10.1 Å². The minimum Gasteiger partial charge on any atom is -0.406 e. The monoisotopic (exact) mass is 328 g/mol. The first kappa shape index (κ1) is 16.9. The second-order valence-corrected chi connectivity index (χ2v) is 4.85. The van der Waals surface area contributed by atoms with Crippen LogP contribution in [0.1, 0.15) is 11.6 Å². The van der Waals surface area contributed by atoms with E-state index in [1.165, 1.54) is 4.90 Å². The number of hydrogen-bond donors (Lipinski definition) is 1. The van der Waals surface area contributed by atoms with Crippen molar-refractivity contribution in [2.45, 2.75) is 18.6 Å². The summed E-state index contributed by atoms with van der Waals surface area (Å²) in [5, 5.41) is 2.95.